The van der Waals surface area contributed by atoms with Crippen molar-refractivity contribution in [1.82, 2.24) is 5.32 Å². The fourth-order valence-electron chi connectivity index (χ4n) is 3.34. The summed E-state index contributed by atoms with van der Waals surface area (Å²) >= 11 is 0. The van der Waals surface area contributed by atoms with Crippen molar-refractivity contribution in [3.63, 3.8) is 0 Å². The van der Waals surface area contributed by atoms with Crippen molar-refractivity contribution in [3.05, 3.63) is 59.4 Å². The van der Waals surface area contributed by atoms with Gasteiger partial charge >= 0.3 is 0 Å². The van der Waals surface area contributed by atoms with Crippen molar-refractivity contribution in [2.24, 2.45) is 5.92 Å². The molecule has 2 aromatic carbocycles. The third kappa shape index (κ3) is 3.65. The molecule has 1 amide bonds. The maximum atomic E-state index is 13.5. The Morgan fingerprint density at radius 3 is 3.04 bits per heavy atom. The van der Waals surface area contributed by atoms with Crippen molar-refractivity contribution in [1.29, 1.82) is 0 Å². The van der Waals surface area contributed by atoms with Gasteiger partial charge in [0, 0.05) is 19.1 Å². The second-order valence-electron chi connectivity index (χ2n) is 6.71. The number of nitrogens with one attached hydrogen (secondary N) is 1. The van der Waals surface area contributed by atoms with Gasteiger partial charge in [0.05, 0.1) is 31.1 Å². The van der Waals surface area contributed by atoms with E-state index in [-0.39, 0.29) is 5.91 Å². The summed E-state index contributed by atoms with van der Waals surface area (Å²) in [4.78, 5) is 14.0. The van der Waals surface area contributed by atoms with Gasteiger partial charge in [-0.3, -0.25) is 4.79 Å². The number of carbonyl (C=O) groups excluding carboxylic acids is 1. The zero-order chi connectivity index (χ0) is 17.9. The molecule has 4 rings (SSSR count). The minimum atomic E-state index is -0.410. The number of carbonyl (C=O) groups is 1. The molecule has 2 aromatic rings. The van der Waals surface area contributed by atoms with E-state index in [1.54, 1.807) is 6.07 Å². The maximum absolute atomic E-state index is 13.5. The summed E-state index contributed by atoms with van der Waals surface area (Å²) in [7, 11) is 0. The first-order valence-corrected chi connectivity index (χ1v) is 8.81. The molecule has 0 aromatic heterocycles. The van der Waals surface area contributed by atoms with Crippen molar-refractivity contribution in [2.75, 3.05) is 31.4 Å². The predicted molar refractivity (Wildman–Crippen MR) is 95.8 cm³/mol. The summed E-state index contributed by atoms with van der Waals surface area (Å²) in [5.74, 6) is 0.631. The van der Waals surface area contributed by atoms with Gasteiger partial charge in [0.15, 0.2) is 0 Å². The lowest BCUT2D eigenvalue weighted by Gasteiger charge is -2.31. The van der Waals surface area contributed by atoms with Gasteiger partial charge in [-0.1, -0.05) is 12.1 Å². The molecule has 2 aliphatic heterocycles. The highest BCUT2D eigenvalue weighted by Gasteiger charge is 2.23. The van der Waals surface area contributed by atoms with E-state index in [1.165, 1.54) is 12.1 Å². The molecule has 1 N–H and O–H groups in total. The SMILES string of the molecule is O=C1NCN(Cc2cccc(OCC3CCOC3)c2)c2ccc(F)cc21. The average Bonchev–Trinajstić information content (AvgIpc) is 3.17. The summed E-state index contributed by atoms with van der Waals surface area (Å²) in [6.07, 6.45) is 1.04. The largest absolute Gasteiger partial charge is 0.493 e. The number of nitrogens with zero attached hydrogens (tertiary/aromatic N) is 1. The van der Waals surface area contributed by atoms with Gasteiger partial charge in [-0.2, -0.15) is 0 Å². The summed E-state index contributed by atoms with van der Waals surface area (Å²) in [6, 6.07) is 12.3. The number of ether oxygens (including phenoxy) is 2. The van der Waals surface area contributed by atoms with Gasteiger partial charge in [0.1, 0.15) is 11.6 Å². The van der Waals surface area contributed by atoms with Crippen LogP contribution in [0.3, 0.4) is 0 Å². The Bertz CT molecular complexity index is 805. The van der Waals surface area contributed by atoms with E-state index >= 15 is 0 Å². The van der Waals surface area contributed by atoms with E-state index in [4.69, 9.17) is 9.47 Å². The third-order valence-corrected chi connectivity index (χ3v) is 4.76. The second kappa shape index (κ2) is 7.33. The van der Waals surface area contributed by atoms with Crippen LogP contribution in [0.1, 0.15) is 22.3 Å². The van der Waals surface area contributed by atoms with Crippen molar-refractivity contribution >= 4 is 11.6 Å². The van der Waals surface area contributed by atoms with E-state index < -0.39 is 5.82 Å². The van der Waals surface area contributed by atoms with E-state index in [2.05, 4.69) is 5.32 Å². The highest BCUT2D eigenvalue weighted by atomic mass is 19.1. The monoisotopic (exact) mass is 356 g/mol. The molecule has 2 heterocycles. The molecule has 0 bridgehead atoms. The number of amides is 1. The van der Waals surface area contributed by atoms with Crippen molar-refractivity contribution in [3.8, 4) is 5.75 Å². The minimum absolute atomic E-state index is 0.244. The molecule has 26 heavy (non-hydrogen) atoms. The molecule has 2 aliphatic rings. The summed E-state index contributed by atoms with van der Waals surface area (Å²) < 4.78 is 24.7. The van der Waals surface area contributed by atoms with Gasteiger partial charge in [-0.15, -0.1) is 0 Å². The van der Waals surface area contributed by atoms with E-state index in [0.717, 1.165) is 36.6 Å². The Morgan fingerprint density at radius 1 is 1.27 bits per heavy atom. The maximum Gasteiger partial charge on any atom is 0.254 e. The van der Waals surface area contributed by atoms with Gasteiger partial charge in [-0.25, -0.2) is 4.39 Å². The summed E-state index contributed by atoms with van der Waals surface area (Å²) in [5, 5.41) is 2.79. The number of halogens is 1. The Labute approximate surface area is 151 Å². The van der Waals surface area contributed by atoms with Gasteiger partial charge in [0.25, 0.3) is 5.91 Å². The first-order valence-electron chi connectivity index (χ1n) is 8.81. The molecule has 1 atom stereocenters. The molecular formula is C20H21FN2O3. The molecule has 0 radical (unpaired) electrons. The smallest absolute Gasteiger partial charge is 0.254 e. The van der Waals surface area contributed by atoms with Crippen LogP contribution < -0.4 is 15.0 Å². The molecular weight excluding hydrogens is 335 g/mol. The van der Waals surface area contributed by atoms with Crippen molar-refractivity contribution in [2.45, 2.75) is 13.0 Å². The highest BCUT2D eigenvalue weighted by Crippen LogP contribution is 2.27. The quantitative estimate of drug-likeness (QED) is 0.895. The Hall–Kier alpha value is -2.60. The average molecular weight is 356 g/mol. The van der Waals surface area contributed by atoms with Crippen LogP contribution in [0.15, 0.2) is 42.5 Å². The molecule has 1 saturated heterocycles. The number of benzene rings is 2. The number of hydrogen-bond acceptors (Lipinski definition) is 4. The molecule has 136 valence electrons. The summed E-state index contributed by atoms with van der Waals surface area (Å²) in [5.41, 5.74) is 2.17. The fourth-order valence-corrected chi connectivity index (χ4v) is 3.34. The molecule has 0 saturated carbocycles. The Balaban J connectivity index is 1.46. The standard InChI is InChI=1S/C20H21FN2O3/c21-16-4-5-19-18(9-16)20(24)22-13-23(19)10-14-2-1-3-17(8-14)26-12-15-6-7-25-11-15/h1-5,8-9,15H,6-7,10-13H2,(H,22,24). The summed E-state index contributed by atoms with van der Waals surface area (Å²) in [6.45, 7) is 3.23. The topological polar surface area (TPSA) is 50.8 Å². The lowest BCUT2D eigenvalue weighted by molar-refractivity contribution is 0.0947. The number of hydrogen-bond donors (Lipinski definition) is 1. The molecule has 1 fully saturated rings. The van der Waals surface area contributed by atoms with Gasteiger partial charge in [0.2, 0.25) is 0 Å². The van der Waals surface area contributed by atoms with E-state index in [9.17, 15) is 9.18 Å². The Morgan fingerprint density at radius 2 is 2.19 bits per heavy atom. The van der Waals surface area contributed by atoms with Gasteiger partial charge in [-0.05, 0) is 42.3 Å². The van der Waals surface area contributed by atoms with Crippen LogP contribution in [0.5, 0.6) is 5.75 Å². The lowest BCUT2D eigenvalue weighted by atomic mass is 10.1. The number of rotatable bonds is 5. The van der Waals surface area contributed by atoms with Crippen LogP contribution in [-0.4, -0.2) is 32.4 Å². The van der Waals surface area contributed by atoms with Crippen LogP contribution in [0, 0.1) is 11.7 Å². The van der Waals surface area contributed by atoms with E-state index in [1.807, 2.05) is 29.2 Å². The number of anilines is 1. The Kier molecular flexibility index (Phi) is 4.75. The third-order valence-electron chi connectivity index (χ3n) is 4.76. The highest BCUT2D eigenvalue weighted by molar-refractivity contribution is 6.01. The van der Waals surface area contributed by atoms with Crippen LogP contribution >= 0.6 is 0 Å². The predicted octanol–water partition coefficient (Wildman–Crippen LogP) is 2.95. The van der Waals surface area contributed by atoms with Crippen LogP contribution in [0.2, 0.25) is 0 Å². The van der Waals surface area contributed by atoms with Crippen LogP contribution in [0.4, 0.5) is 10.1 Å². The normalized spacial score (nSPS) is 19.2. The van der Waals surface area contributed by atoms with Crippen LogP contribution in [-0.2, 0) is 11.3 Å². The van der Waals surface area contributed by atoms with Crippen molar-refractivity contribution < 1.29 is 18.7 Å². The fraction of sp³-hybridized carbons (Fsp3) is 0.350. The first-order chi connectivity index (χ1) is 12.7. The minimum Gasteiger partial charge on any atom is -0.493 e. The molecule has 1 unspecified atom stereocenters. The molecule has 5 nitrogen and oxygen atoms in total. The number of fused-ring (bicyclic) bond motifs is 1. The molecule has 0 aliphatic carbocycles. The molecule has 0 spiro atoms. The second-order valence-corrected chi connectivity index (χ2v) is 6.71. The zero-order valence-electron chi connectivity index (χ0n) is 14.4. The van der Waals surface area contributed by atoms with E-state index in [0.29, 0.717) is 31.3 Å². The molecule has 6 heteroatoms. The first kappa shape index (κ1) is 16.8. The zero-order valence-corrected chi connectivity index (χ0v) is 14.4. The van der Waals surface area contributed by atoms with Gasteiger partial charge < -0.3 is 19.7 Å². The lowest BCUT2D eigenvalue weighted by Crippen LogP contribution is -2.43. The van der Waals surface area contributed by atoms with Crippen LogP contribution in [0.25, 0.3) is 0 Å².